The van der Waals surface area contributed by atoms with E-state index in [1.807, 2.05) is 24.3 Å². The number of carbonyl (C=O) groups is 2. The SMILES string of the molecule is O=C(NCC1CCCNC1)C1CCN(c2ccccc2Br)C1=O. The van der Waals surface area contributed by atoms with Crippen molar-refractivity contribution in [3.63, 3.8) is 0 Å². The molecule has 0 radical (unpaired) electrons. The van der Waals surface area contributed by atoms with E-state index in [-0.39, 0.29) is 11.8 Å². The fraction of sp³-hybridized carbons (Fsp3) is 0.529. The maximum atomic E-state index is 12.6. The van der Waals surface area contributed by atoms with Crippen molar-refractivity contribution in [3.05, 3.63) is 28.7 Å². The average Bonchev–Trinajstić information content (AvgIpc) is 2.95. The van der Waals surface area contributed by atoms with E-state index in [1.54, 1.807) is 4.90 Å². The fourth-order valence-electron chi connectivity index (χ4n) is 3.30. The van der Waals surface area contributed by atoms with Gasteiger partial charge in [-0.05, 0) is 66.3 Å². The molecular formula is C17H22BrN3O2. The van der Waals surface area contributed by atoms with E-state index in [9.17, 15) is 9.59 Å². The van der Waals surface area contributed by atoms with E-state index in [2.05, 4.69) is 26.6 Å². The van der Waals surface area contributed by atoms with Crippen LogP contribution in [0.2, 0.25) is 0 Å². The number of anilines is 1. The predicted octanol–water partition coefficient (Wildman–Crippen LogP) is 1.92. The number of halogens is 1. The average molecular weight is 380 g/mol. The highest BCUT2D eigenvalue weighted by molar-refractivity contribution is 9.10. The van der Waals surface area contributed by atoms with Crippen LogP contribution in [0.15, 0.2) is 28.7 Å². The van der Waals surface area contributed by atoms with Crippen molar-refractivity contribution in [3.8, 4) is 0 Å². The highest BCUT2D eigenvalue weighted by Gasteiger charge is 2.38. The van der Waals surface area contributed by atoms with Gasteiger partial charge < -0.3 is 15.5 Å². The number of rotatable bonds is 4. The minimum absolute atomic E-state index is 0.101. The molecular weight excluding hydrogens is 358 g/mol. The molecule has 6 heteroatoms. The first-order chi connectivity index (χ1) is 11.2. The Labute approximate surface area is 144 Å². The van der Waals surface area contributed by atoms with E-state index < -0.39 is 5.92 Å². The summed E-state index contributed by atoms with van der Waals surface area (Å²) in [5.41, 5.74) is 0.837. The number of hydrogen-bond donors (Lipinski definition) is 2. The number of amides is 2. The summed E-state index contributed by atoms with van der Waals surface area (Å²) in [6, 6.07) is 7.62. The topological polar surface area (TPSA) is 61.4 Å². The van der Waals surface area contributed by atoms with Gasteiger partial charge in [0.2, 0.25) is 11.8 Å². The second-order valence-corrected chi connectivity index (χ2v) is 7.09. The highest BCUT2D eigenvalue weighted by Crippen LogP contribution is 2.31. The summed E-state index contributed by atoms with van der Waals surface area (Å²) in [6.45, 7) is 3.25. The maximum Gasteiger partial charge on any atom is 0.239 e. The molecule has 2 aliphatic rings. The summed E-state index contributed by atoms with van der Waals surface area (Å²) in [5, 5.41) is 6.31. The molecule has 0 aliphatic carbocycles. The van der Waals surface area contributed by atoms with Gasteiger partial charge in [0.25, 0.3) is 0 Å². The molecule has 1 aromatic carbocycles. The van der Waals surface area contributed by atoms with Crippen LogP contribution >= 0.6 is 15.9 Å². The summed E-state index contributed by atoms with van der Waals surface area (Å²) in [5.74, 6) is -0.312. The standard InChI is InChI=1S/C17H22BrN3O2/c18-14-5-1-2-6-15(14)21-9-7-13(17(21)23)16(22)20-11-12-4-3-8-19-10-12/h1-2,5-6,12-13,19H,3-4,7-11H2,(H,20,22). The van der Waals surface area contributed by atoms with Crippen molar-refractivity contribution in [1.29, 1.82) is 0 Å². The largest absolute Gasteiger partial charge is 0.355 e. The van der Waals surface area contributed by atoms with Gasteiger partial charge in [-0.1, -0.05) is 12.1 Å². The number of piperidine rings is 1. The Hall–Kier alpha value is -1.40. The molecule has 0 aromatic heterocycles. The minimum Gasteiger partial charge on any atom is -0.355 e. The molecule has 0 saturated carbocycles. The lowest BCUT2D eigenvalue weighted by atomic mass is 9.99. The number of nitrogens with one attached hydrogen (secondary N) is 2. The second kappa shape index (κ2) is 7.45. The zero-order valence-electron chi connectivity index (χ0n) is 13.1. The van der Waals surface area contributed by atoms with E-state index in [0.29, 0.717) is 25.4 Å². The van der Waals surface area contributed by atoms with Gasteiger partial charge >= 0.3 is 0 Å². The minimum atomic E-state index is -0.557. The van der Waals surface area contributed by atoms with Gasteiger partial charge in [0.05, 0.1) is 5.69 Å². The summed E-state index contributed by atoms with van der Waals surface area (Å²) < 4.78 is 0.877. The Morgan fingerprint density at radius 1 is 1.35 bits per heavy atom. The van der Waals surface area contributed by atoms with Crippen LogP contribution in [0.3, 0.4) is 0 Å². The van der Waals surface area contributed by atoms with Crippen LogP contribution in [-0.2, 0) is 9.59 Å². The monoisotopic (exact) mass is 379 g/mol. The molecule has 0 bridgehead atoms. The Balaban J connectivity index is 1.58. The van der Waals surface area contributed by atoms with Crippen molar-refractivity contribution < 1.29 is 9.59 Å². The molecule has 3 rings (SSSR count). The number of nitrogens with zero attached hydrogens (tertiary/aromatic N) is 1. The predicted molar refractivity (Wildman–Crippen MR) is 93.2 cm³/mol. The van der Waals surface area contributed by atoms with E-state index in [1.165, 1.54) is 0 Å². The fourth-order valence-corrected chi connectivity index (χ4v) is 3.80. The van der Waals surface area contributed by atoms with Crippen molar-refractivity contribution in [2.45, 2.75) is 19.3 Å². The van der Waals surface area contributed by atoms with Gasteiger partial charge in [0.15, 0.2) is 0 Å². The normalized spacial score (nSPS) is 24.7. The first-order valence-corrected chi connectivity index (χ1v) is 9.00. The quantitative estimate of drug-likeness (QED) is 0.785. The second-order valence-electron chi connectivity index (χ2n) is 6.24. The van der Waals surface area contributed by atoms with E-state index >= 15 is 0 Å². The summed E-state index contributed by atoms with van der Waals surface area (Å²) >= 11 is 3.47. The van der Waals surface area contributed by atoms with Gasteiger partial charge in [0.1, 0.15) is 5.92 Å². The van der Waals surface area contributed by atoms with Crippen LogP contribution in [-0.4, -0.2) is 38.0 Å². The van der Waals surface area contributed by atoms with Crippen LogP contribution in [0.5, 0.6) is 0 Å². The summed E-state index contributed by atoms with van der Waals surface area (Å²) in [4.78, 5) is 26.7. The molecule has 5 nitrogen and oxygen atoms in total. The van der Waals surface area contributed by atoms with Gasteiger partial charge in [0, 0.05) is 17.6 Å². The number of carbonyl (C=O) groups excluding carboxylic acids is 2. The van der Waals surface area contributed by atoms with Crippen LogP contribution in [0.4, 0.5) is 5.69 Å². The van der Waals surface area contributed by atoms with Gasteiger partial charge in [-0.15, -0.1) is 0 Å². The maximum absolute atomic E-state index is 12.6. The third-order valence-electron chi connectivity index (χ3n) is 4.63. The Morgan fingerprint density at radius 3 is 2.91 bits per heavy atom. The molecule has 2 unspecified atom stereocenters. The lowest BCUT2D eigenvalue weighted by Gasteiger charge is -2.23. The molecule has 2 amide bonds. The van der Waals surface area contributed by atoms with Gasteiger partial charge in [-0.3, -0.25) is 9.59 Å². The Morgan fingerprint density at radius 2 is 2.17 bits per heavy atom. The molecule has 124 valence electrons. The third-order valence-corrected chi connectivity index (χ3v) is 5.30. The molecule has 2 aliphatic heterocycles. The van der Waals surface area contributed by atoms with E-state index in [4.69, 9.17) is 0 Å². The van der Waals surface area contributed by atoms with Crippen LogP contribution < -0.4 is 15.5 Å². The Kier molecular flexibility index (Phi) is 5.33. The molecule has 2 atom stereocenters. The van der Waals surface area contributed by atoms with Crippen molar-refractivity contribution in [2.75, 3.05) is 31.1 Å². The highest BCUT2D eigenvalue weighted by atomic mass is 79.9. The van der Waals surface area contributed by atoms with Crippen LogP contribution in [0.1, 0.15) is 19.3 Å². The third kappa shape index (κ3) is 3.75. The van der Waals surface area contributed by atoms with Crippen LogP contribution in [0, 0.1) is 11.8 Å². The zero-order valence-corrected chi connectivity index (χ0v) is 14.6. The summed E-state index contributed by atoms with van der Waals surface area (Å²) in [7, 11) is 0. The number of para-hydroxylation sites is 1. The summed E-state index contributed by atoms with van der Waals surface area (Å²) in [6.07, 6.45) is 2.86. The molecule has 2 saturated heterocycles. The molecule has 1 aromatic rings. The molecule has 23 heavy (non-hydrogen) atoms. The van der Waals surface area contributed by atoms with Crippen LogP contribution in [0.25, 0.3) is 0 Å². The van der Waals surface area contributed by atoms with Crippen molar-refractivity contribution in [1.82, 2.24) is 10.6 Å². The lowest BCUT2D eigenvalue weighted by molar-refractivity contribution is -0.132. The first kappa shape index (κ1) is 16.5. The van der Waals surface area contributed by atoms with Gasteiger partial charge in [-0.25, -0.2) is 0 Å². The molecule has 2 heterocycles. The molecule has 2 N–H and O–H groups in total. The Bertz CT molecular complexity index is 587. The molecule has 0 spiro atoms. The number of benzene rings is 1. The van der Waals surface area contributed by atoms with Gasteiger partial charge in [-0.2, -0.15) is 0 Å². The smallest absolute Gasteiger partial charge is 0.239 e. The lowest BCUT2D eigenvalue weighted by Crippen LogP contribution is -2.42. The zero-order chi connectivity index (χ0) is 16.2. The number of hydrogen-bond acceptors (Lipinski definition) is 3. The van der Waals surface area contributed by atoms with Crippen molar-refractivity contribution >= 4 is 33.4 Å². The molecule has 2 fully saturated rings. The van der Waals surface area contributed by atoms with E-state index in [0.717, 1.165) is 36.1 Å². The first-order valence-electron chi connectivity index (χ1n) is 8.21. The van der Waals surface area contributed by atoms with Crippen molar-refractivity contribution in [2.24, 2.45) is 11.8 Å².